The van der Waals surface area contributed by atoms with Gasteiger partial charge in [0.2, 0.25) is 0 Å². The lowest BCUT2D eigenvalue weighted by Crippen LogP contribution is -2.26. The van der Waals surface area contributed by atoms with Gasteiger partial charge in [0.05, 0.1) is 11.7 Å². The summed E-state index contributed by atoms with van der Waals surface area (Å²) in [5, 5.41) is 2.73. The van der Waals surface area contributed by atoms with Crippen molar-refractivity contribution >= 4 is 16.8 Å². The monoisotopic (exact) mass is 280 g/mol. The molecule has 110 valence electrons. The van der Waals surface area contributed by atoms with Crippen LogP contribution in [0.2, 0.25) is 0 Å². The van der Waals surface area contributed by atoms with E-state index in [0.717, 1.165) is 12.8 Å². The fourth-order valence-corrected chi connectivity index (χ4v) is 3.16. The second-order valence-electron chi connectivity index (χ2n) is 6.53. The van der Waals surface area contributed by atoms with Gasteiger partial charge in [-0.2, -0.15) is 0 Å². The van der Waals surface area contributed by atoms with Gasteiger partial charge in [-0.25, -0.2) is 0 Å². The summed E-state index contributed by atoms with van der Waals surface area (Å²) in [4.78, 5) is 0. The minimum atomic E-state index is -0.262. The molecule has 0 saturated carbocycles. The highest BCUT2D eigenvalue weighted by molar-refractivity contribution is 5.95. The van der Waals surface area contributed by atoms with Crippen LogP contribution in [-0.4, -0.2) is 6.10 Å². The Bertz CT molecular complexity index is 694. The van der Waals surface area contributed by atoms with Crippen molar-refractivity contribution in [1.82, 2.24) is 0 Å². The minimum Gasteiger partial charge on any atom is -0.368 e. The normalized spacial score (nSPS) is 15.4. The van der Waals surface area contributed by atoms with Gasteiger partial charge in [-0.3, -0.25) is 0 Å². The van der Waals surface area contributed by atoms with Crippen LogP contribution in [0.1, 0.15) is 50.8 Å². The van der Waals surface area contributed by atoms with Gasteiger partial charge >= 0.3 is 0 Å². The quantitative estimate of drug-likeness (QED) is 0.722. The first kappa shape index (κ1) is 14.3. The van der Waals surface area contributed by atoms with Crippen LogP contribution >= 0.6 is 0 Å². The standard InChI is InChI=1S/C20H24O/c1-5-14(2)21-20(3,4)18-12-16-10-6-8-15-9-7-11-17(13-18)19(15)16/h6-8,10-14H,5,9H2,1-4H3. The molecule has 0 saturated heterocycles. The minimum absolute atomic E-state index is 0.262. The Morgan fingerprint density at radius 3 is 2.81 bits per heavy atom. The fourth-order valence-electron chi connectivity index (χ4n) is 3.16. The van der Waals surface area contributed by atoms with Gasteiger partial charge in [0, 0.05) is 0 Å². The molecule has 2 aromatic rings. The zero-order valence-corrected chi connectivity index (χ0v) is 13.4. The van der Waals surface area contributed by atoms with Crippen LogP contribution in [0.4, 0.5) is 0 Å². The molecule has 0 amide bonds. The maximum atomic E-state index is 6.25. The molecule has 0 N–H and O–H groups in total. The zero-order valence-electron chi connectivity index (χ0n) is 13.4. The highest BCUT2D eigenvalue weighted by Crippen LogP contribution is 2.35. The molecule has 1 aliphatic rings. The van der Waals surface area contributed by atoms with Crippen molar-refractivity contribution in [1.29, 1.82) is 0 Å². The third-order valence-corrected chi connectivity index (χ3v) is 4.49. The molecule has 0 fully saturated rings. The summed E-state index contributed by atoms with van der Waals surface area (Å²) in [5.41, 5.74) is 3.75. The van der Waals surface area contributed by atoms with E-state index in [9.17, 15) is 0 Å². The maximum Gasteiger partial charge on any atom is 0.0879 e. The topological polar surface area (TPSA) is 9.23 Å². The summed E-state index contributed by atoms with van der Waals surface area (Å²) in [6.07, 6.45) is 6.85. The highest BCUT2D eigenvalue weighted by Gasteiger charge is 2.25. The van der Waals surface area contributed by atoms with E-state index in [-0.39, 0.29) is 11.7 Å². The SMILES string of the molecule is CCC(C)OC(C)(C)c1cc2c3c(cccc3c1)CC=C2. The van der Waals surface area contributed by atoms with Gasteiger partial charge in [0.15, 0.2) is 0 Å². The Hall–Kier alpha value is -1.60. The van der Waals surface area contributed by atoms with Gasteiger partial charge in [-0.05, 0) is 73.2 Å². The van der Waals surface area contributed by atoms with Crippen molar-refractivity contribution in [2.24, 2.45) is 0 Å². The Labute approximate surface area is 127 Å². The average molecular weight is 280 g/mol. The summed E-state index contributed by atoms with van der Waals surface area (Å²) in [5.74, 6) is 0. The van der Waals surface area contributed by atoms with E-state index in [1.54, 1.807) is 0 Å². The second kappa shape index (κ2) is 5.31. The van der Waals surface area contributed by atoms with E-state index in [1.165, 1.54) is 27.5 Å². The number of benzene rings is 2. The molecule has 1 heteroatoms. The predicted octanol–water partition coefficient (Wildman–Crippen LogP) is 5.46. The van der Waals surface area contributed by atoms with Gasteiger partial charge in [-0.1, -0.05) is 37.3 Å². The summed E-state index contributed by atoms with van der Waals surface area (Å²) < 4.78 is 6.25. The first-order chi connectivity index (χ1) is 10.0. The van der Waals surface area contributed by atoms with E-state index in [4.69, 9.17) is 4.74 Å². The molecule has 0 aliphatic heterocycles. The van der Waals surface area contributed by atoms with E-state index < -0.39 is 0 Å². The van der Waals surface area contributed by atoms with Crippen LogP contribution in [0, 0.1) is 0 Å². The third kappa shape index (κ3) is 2.63. The number of hydrogen-bond acceptors (Lipinski definition) is 1. The molecule has 21 heavy (non-hydrogen) atoms. The van der Waals surface area contributed by atoms with Crippen LogP contribution in [-0.2, 0) is 16.8 Å². The highest BCUT2D eigenvalue weighted by atomic mass is 16.5. The molecular weight excluding hydrogens is 256 g/mol. The molecule has 1 atom stereocenters. The molecule has 3 rings (SSSR count). The Morgan fingerprint density at radius 2 is 2.05 bits per heavy atom. The molecule has 1 aliphatic carbocycles. The van der Waals surface area contributed by atoms with E-state index in [2.05, 4.69) is 70.2 Å². The Kier molecular flexibility index (Phi) is 3.62. The van der Waals surface area contributed by atoms with Gasteiger partial charge in [0.1, 0.15) is 0 Å². The molecule has 0 heterocycles. The molecule has 1 nitrogen and oxygen atoms in total. The first-order valence-electron chi connectivity index (χ1n) is 7.92. The summed E-state index contributed by atoms with van der Waals surface area (Å²) in [6.45, 7) is 8.65. The first-order valence-corrected chi connectivity index (χ1v) is 7.92. The third-order valence-electron chi connectivity index (χ3n) is 4.49. The fraction of sp³-hybridized carbons (Fsp3) is 0.400. The van der Waals surface area contributed by atoms with Crippen LogP contribution in [0.3, 0.4) is 0 Å². The van der Waals surface area contributed by atoms with Crippen LogP contribution in [0.5, 0.6) is 0 Å². The lowest BCUT2D eigenvalue weighted by Gasteiger charge is -2.30. The van der Waals surface area contributed by atoms with Crippen molar-refractivity contribution in [3.63, 3.8) is 0 Å². The van der Waals surface area contributed by atoms with E-state index in [0.29, 0.717) is 0 Å². The lowest BCUT2D eigenvalue weighted by molar-refractivity contribution is -0.0691. The second-order valence-corrected chi connectivity index (χ2v) is 6.53. The van der Waals surface area contributed by atoms with Crippen molar-refractivity contribution in [2.75, 3.05) is 0 Å². The average Bonchev–Trinajstić information content (AvgIpc) is 2.47. The van der Waals surface area contributed by atoms with Gasteiger partial charge < -0.3 is 4.74 Å². The van der Waals surface area contributed by atoms with Gasteiger partial charge in [-0.15, -0.1) is 0 Å². The number of hydrogen-bond donors (Lipinski definition) is 0. The van der Waals surface area contributed by atoms with Crippen molar-refractivity contribution in [2.45, 2.75) is 52.2 Å². The Morgan fingerprint density at radius 1 is 1.24 bits per heavy atom. The van der Waals surface area contributed by atoms with Crippen molar-refractivity contribution in [3.05, 3.63) is 53.1 Å². The van der Waals surface area contributed by atoms with Crippen molar-refractivity contribution in [3.8, 4) is 0 Å². The maximum absolute atomic E-state index is 6.25. The van der Waals surface area contributed by atoms with E-state index >= 15 is 0 Å². The lowest BCUT2D eigenvalue weighted by atomic mass is 9.87. The number of rotatable bonds is 4. The molecule has 2 aromatic carbocycles. The van der Waals surface area contributed by atoms with Crippen molar-refractivity contribution < 1.29 is 4.74 Å². The molecule has 0 radical (unpaired) electrons. The van der Waals surface area contributed by atoms with E-state index in [1.807, 2.05) is 0 Å². The summed E-state index contributed by atoms with van der Waals surface area (Å²) in [6, 6.07) is 11.2. The molecule has 0 aromatic heterocycles. The smallest absolute Gasteiger partial charge is 0.0879 e. The molecule has 1 unspecified atom stereocenters. The zero-order chi connectivity index (χ0) is 15.0. The molecule has 0 bridgehead atoms. The number of ether oxygens (including phenoxy) is 1. The predicted molar refractivity (Wildman–Crippen MR) is 90.6 cm³/mol. The van der Waals surface area contributed by atoms with Crippen LogP contribution < -0.4 is 0 Å². The summed E-state index contributed by atoms with van der Waals surface area (Å²) in [7, 11) is 0. The largest absolute Gasteiger partial charge is 0.368 e. The van der Waals surface area contributed by atoms with Gasteiger partial charge in [0.25, 0.3) is 0 Å². The molecular formula is C20H24O. The summed E-state index contributed by atoms with van der Waals surface area (Å²) >= 11 is 0. The Balaban J connectivity index is 2.11. The van der Waals surface area contributed by atoms with Crippen LogP contribution in [0.25, 0.3) is 16.8 Å². The molecule has 0 spiro atoms. The number of allylic oxidation sites excluding steroid dienone is 1. The van der Waals surface area contributed by atoms with Crippen LogP contribution in [0.15, 0.2) is 36.4 Å².